The molecule has 3 N–H and O–H groups in total. The molecule has 1 fully saturated rings. The van der Waals surface area contributed by atoms with Gasteiger partial charge in [-0.15, -0.1) is 0 Å². The topological polar surface area (TPSA) is 93.3 Å². The molecule has 1 heterocycles. The van der Waals surface area contributed by atoms with Crippen molar-refractivity contribution in [2.75, 3.05) is 13.6 Å². The van der Waals surface area contributed by atoms with Crippen LogP contribution in [0.2, 0.25) is 0 Å². The molecule has 0 aromatic carbocycles. The normalized spacial score (nSPS) is 22.9. The summed E-state index contributed by atoms with van der Waals surface area (Å²) >= 11 is 0. The molecule has 0 bridgehead atoms. The van der Waals surface area contributed by atoms with Gasteiger partial charge in [0, 0.05) is 31.5 Å². The summed E-state index contributed by atoms with van der Waals surface area (Å²) in [6, 6.07) is 1.79. The Morgan fingerprint density at radius 1 is 1.41 bits per heavy atom. The fourth-order valence-corrected chi connectivity index (χ4v) is 2.77. The molecule has 1 aromatic heterocycles. The van der Waals surface area contributed by atoms with Crippen LogP contribution in [0.1, 0.15) is 38.6 Å². The van der Waals surface area contributed by atoms with Crippen molar-refractivity contribution in [2.45, 2.75) is 50.7 Å². The van der Waals surface area contributed by atoms with Crippen LogP contribution in [0.15, 0.2) is 18.5 Å². The van der Waals surface area contributed by atoms with Crippen LogP contribution in [-0.2, 0) is 9.59 Å². The highest BCUT2D eigenvalue weighted by atomic mass is 16.2. The summed E-state index contributed by atoms with van der Waals surface area (Å²) in [5, 5.41) is 7.04. The second-order valence-electron chi connectivity index (χ2n) is 6.04. The summed E-state index contributed by atoms with van der Waals surface area (Å²) in [6.45, 7) is 1.83. The summed E-state index contributed by atoms with van der Waals surface area (Å²) in [7, 11) is 1.64. The number of carbonyl (C=O) groups excluding carboxylic acids is 2. The van der Waals surface area contributed by atoms with Crippen molar-refractivity contribution >= 4 is 11.8 Å². The fourth-order valence-electron chi connectivity index (χ4n) is 2.77. The van der Waals surface area contributed by atoms with Gasteiger partial charge < -0.3 is 16.0 Å². The van der Waals surface area contributed by atoms with Crippen LogP contribution in [0.5, 0.6) is 0 Å². The van der Waals surface area contributed by atoms with Crippen LogP contribution >= 0.6 is 0 Å². The highest BCUT2D eigenvalue weighted by Crippen LogP contribution is 2.16. The molecule has 1 aromatic rings. The van der Waals surface area contributed by atoms with Crippen LogP contribution in [0.4, 0.5) is 0 Å². The first-order valence-electron chi connectivity index (χ1n) is 7.76. The molecule has 0 radical (unpaired) electrons. The highest BCUT2D eigenvalue weighted by molar-refractivity contribution is 5.86. The number of nitrogens with two attached hydrogens (primary N) is 1. The van der Waals surface area contributed by atoms with Crippen molar-refractivity contribution in [3.8, 4) is 0 Å². The number of aromatic nitrogens is 2. The van der Waals surface area contributed by atoms with E-state index in [-0.39, 0.29) is 30.4 Å². The van der Waals surface area contributed by atoms with Gasteiger partial charge in [0.1, 0.15) is 6.04 Å². The molecule has 1 unspecified atom stereocenters. The zero-order valence-corrected chi connectivity index (χ0v) is 13.2. The van der Waals surface area contributed by atoms with Crippen molar-refractivity contribution in [3.63, 3.8) is 0 Å². The summed E-state index contributed by atoms with van der Waals surface area (Å²) < 4.78 is 1.58. The number of nitrogens with one attached hydrogen (secondary N) is 1. The van der Waals surface area contributed by atoms with Gasteiger partial charge in [-0.3, -0.25) is 14.3 Å². The third-order valence-electron chi connectivity index (χ3n) is 4.17. The van der Waals surface area contributed by atoms with Crippen LogP contribution in [-0.4, -0.2) is 52.2 Å². The van der Waals surface area contributed by atoms with E-state index in [0.717, 1.165) is 25.7 Å². The largest absolute Gasteiger partial charge is 0.352 e. The number of nitrogens with zero attached hydrogens (tertiary/aromatic N) is 3. The molecule has 0 spiro atoms. The first kappa shape index (κ1) is 16.5. The number of amides is 2. The van der Waals surface area contributed by atoms with Crippen LogP contribution in [0.25, 0.3) is 0 Å². The van der Waals surface area contributed by atoms with E-state index in [1.54, 1.807) is 37.1 Å². The minimum Gasteiger partial charge on any atom is -0.352 e. The highest BCUT2D eigenvalue weighted by Gasteiger charge is 2.23. The molecule has 1 atom stereocenters. The summed E-state index contributed by atoms with van der Waals surface area (Å²) in [4.78, 5) is 25.8. The van der Waals surface area contributed by atoms with Crippen molar-refractivity contribution in [1.82, 2.24) is 20.0 Å². The third kappa shape index (κ3) is 4.30. The van der Waals surface area contributed by atoms with Crippen molar-refractivity contribution in [2.24, 2.45) is 5.73 Å². The van der Waals surface area contributed by atoms with Gasteiger partial charge in [0.25, 0.3) is 0 Å². The molecule has 122 valence electrons. The Hall–Kier alpha value is -1.89. The Bertz CT molecular complexity index is 494. The molecule has 22 heavy (non-hydrogen) atoms. The quantitative estimate of drug-likeness (QED) is 0.817. The predicted molar refractivity (Wildman–Crippen MR) is 82.9 cm³/mol. The summed E-state index contributed by atoms with van der Waals surface area (Å²) in [5.74, 6) is -0.256. The molecular formula is C15H25N5O2. The second-order valence-corrected chi connectivity index (χ2v) is 6.04. The third-order valence-corrected chi connectivity index (χ3v) is 4.17. The van der Waals surface area contributed by atoms with E-state index in [1.165, 1.54) is 4.90 Å². The Balaban J connectivity index is 1.79. The van der Waals surface area contributed by atoms with Crippen LogP contribution in [0.3, 0.4) is 0 Å². The van der Waals surface area contributed by atoms with Gasteiger partial charge in [-0.25, -0.2) is 0 Å². The predicted octanol–water partition coefficient (Wildman–Crippen LogP) is 0.289. The van der Waals surface area contributed by atoms with Gasteiger partial charge in [-0.05, 0) is 38.7 Å². The van der Waals surface area contributed by atoms with Gasteiger partial charge >= 0.3 is 0 Å². The summed E-state index contributed by atoms with van der Waals surface area (Å²) in [5.41, 5.74) is 5.85. The molecule has 2 rings (SSSR count). The van der Waals surface area contributed by atoms with E-state index in [0.29, 0.717) is 0 Å². The summed E-state index contributed by atoms with van der Waals surface area (Å²) in [6.07, 6.45) is 7.07. The number of likely N-dealkylation sites (N-methyl/N-ethyl adjacent to an activating group) is 1. The van der Waals surface area contributed by atoms with Gasteiger partial charge in [0.05, 0.1) is 6.54 Å². The van der Waals surface area contributed by atoms with Crippen molar-refractivity contribution in [3.05, 3.63) is 18.5 Å². The zero-order valence-electron chi connectivity index (χ0n) is 13.2. The molecule has 0 aliphatic heterocycles. The van der Waals surface area contributed by atoms with E-state index in [4.69, 9.17) is 5.73 Å². The fraction of sp³-hybridized carbons (Fsp3) is 0.667. The minimum absolute atomic E-state index is 0.0625. The van der Waals surface area contributed by atoms with Crippen LogP contribution < -0.4 is 11.1 Å². The van der Waals surface area contributed by atoms with Gasteiger partial charge in [-0.1, -0.05) is 0 Å². The average molecular weight is 307 g/mol. The van der Waals surface area contributed by atoms with E-state index < -0.39 is 6.04 Å². The molecule has 1 aliphatic rings. The smallest absolute Gasteiger partial charge is 0.247 e. The lowest BCUT2D eigenvalue weighted by Crippen LogP contribution is -2.46. The molecule has 7 nitrogen and oxygen atoms in total. The second kappa shape index (κ2) is 7.40. The maximum absolute atomic E-state index is 12.3. The molecule has 0 saturated heterocycles. The number of rotatable bonds is 5. The Labute approximate surface area is 130 Å². The Kier molecular flexibility index (Phi) is 5.54. The lowest BCUT2D eigenvalue weighted by molar-refractivity contribution is -0.137. The molecule has 1 saturated carbocycles. The molecular weight excluding hydrogens is 282 g/mol. The Morgan fingerprint density at radius 2 is 2.09 bits per heavy atom. The van der Waals surface area contributed by atoms with E-state index in [2.05, 4.69) is 10.4 Å². The van der Waals surface area contributed by atoms with Gasteiger partial charge in [0.2, 0.25) is 11.8 Å². The maximum Gasteiger partial charge on any atom is 0.247 e. The average Bonchev–Trinajstić information content (AvgIpc) is 3.02. The SMILES string of the molecule is CC(C(=O)N(C)CC(=O)NC1CCC(N)CC1)n1cccn1. The van der Waals surface area contributed by atoms with E-state index in [9.17, 15) is 9.59 Å². The number of hydrogen-bond acceptors (Lipinski definition) is 4. The lowest BCUT2D eigenvalue weighted by Gasteiger charge is -2.28. The van der Waals surface area contributed by atoms with Crippen molar-refractivity contribution < 1.29 is 9.59 Å². The van der Waals surface area contributed by atoms with Gasteiger partial charge in [0.15, 0.2) is 0 Å². The Morgan fingerprint density at radius 3 is 2.68 bits per heavy atom. The lowest BCUT2D eigenvalue weighted by atomic mass is 9.92. The maximum atomic E-state index is 12.3. The zero-order chi connectivity index (χ0) is 16.1. The van der Waals surface area contributed by atoms with Crippen molar-refractivity contribution in [1.29, 1.82) is 0 Å². The first-order valence-corrected chi connectivity index (χ1v) is 7.76. The number of hydrogen-bond donors (Lipinski definition) is 2. The van der Waals surface area contributed by atoms with Crippen LogP contribution in [0, 0.1) is 0 Å². The molecule has 7 heteroatoms. The van der Waals surface area contributed by atoms with Gasteiger partial charge in [-0.2, -0.15) is 5.10 Å². The monoisotopic (exact) mass is 307 g/mol. The standard InChI is InChI=1S/C15H25N5O2/c1-11(20-9-3-8-17-20)15(22)19(2)10-14(21)18-13-6-4-12(16)5-7-13/h3,8-9,11-13H,4-7,10,16H2,1-2H3,(H,18,21). The minimum atomic E-state index is -0.416. The van der Waals surface area contributed by atoms with E-state index in [1.807, 2.05) is 0 Å². The first-order chi connectivity index (χ1) is 10.5. The van der Waals surface area contributed by atoms with E-state index >= 15 is 0 Å². The molecule has 1 aliphatic carbocycles. The molecule has 2 amide bonds. The number of carbonyl (C=O) groups is 2.